The third kappa shape index (κ3) is 3.21. The number of benzene rings is 1. The average molecular weight is 295 g/mol. The van der Waals surface area contributed by atoms with Gasteiger partial charge in [0.25, 0.3) is 0 Å². The summed E-state index contributed by atoms with van der Waals surface area (Å²) in [6, 6.07) is 5.02. The molecule has 0 radical (unpaired) electrons. The van der Waals surface area contributed by atoms with E-state index in [2.05, 4.69) is 10.4 Å². The Morgan fingerprint density at radius 3 is 2.90 bits per heavy atom. The van der Waals surface area contributed by atoms with Gasteiger partial charge in [0.2, 0.25) is 5.91 Å². The van der Waals surface area contributed by atoms with Crippen molar-refractivity contribution in [3.63, 3.8) is 0 Å². The zero-order valence-electron chi connectivity index (χ0n) is 11.2. The third-order valence-corrected chi connectivity index (χ3v) is 3.06. The number of hydrogen-bond donors (Lipinski definition) is 2. The minimum absolute atomic E-state index is 0.0705. The molecule has 1 aromatic carbocycles. The number of carbonyl (C=O) groups excluding carboxylic acids is 1. The van der Waals surface area contributed by atoms with Gasteiger partial charge in [-0.25, -0.2) is 0 Å². The molecule has 0 aliphatic heterocycles. The molecule has 0 saturated heterocycles. The summed E-state index contributed by atoms with van der Waals surface area (Å²) in [6.07, 6.45) is 1.61. The molecule has 2 rings (SSSR count). The van der Waals surface area contributed by atoms with Crippen molar-refractivity contribution in [2.45, 2.75) is 13.5 Å². The maximum atomic E-state index is 12.0. The number of anilines is 2. The second kappa shape index (κ2) is 5.83. The minimum atomic E-state index is -0.229. The van der Waals surface area contributed by atoms with Crippen LogP contribution < -0.4 is 15.8 Å². The smallest absolute Gasteiger partial charge is 0.246 e. The number of nitrogens with two attached hydrogens (primary N) is 1. The highest BCUT2D eigenvalue weighted by atomic mass is 35.5. The fourth-order valence-electron chi connectivity index (χ4n) is 1.72. The summed E-state index contributed by atoms with van der Waals surface area (Å²) < 4.78 is 6.65. The maximum absolute atomic E-state index is 12.0. The number of amides is 1. The van der Waals surface area contributed by atoms with Crippen molar-refractivity contribution in [1.82, 2.24) is 9.78 Å². The van der Waals surface area contributed by atoms with Crippen LogP contribution in [0.25, 0.3) is 0 Å². The molecule has 0 atom stereocenters. The van der Waals surface area contributed by atoms with Crippen LogP contribution in [-0.2, 0) is 11.3 Å². The zero-order valence-corrected chi connectivity index (χ0v) is 11.9. The van der Waals surface area contributed by atoms with Crippen molar-refractivity contribution in [3.05, 3.63) is 35.1 Å². The van der Waals surface area contributed by atoms with Gasteiger partial charge >= 0.3 is 0 Å². The number of nitrogen functional groups attached to an aromatic ring is 1. The molecule has 0 saturated carbocycles. The summed E-state index contributed by atoms with van der Waals surface area (Å²) in [5.41, 5.74) is 7.46. The largest absolute Gasteiger partial charge is 0.494 e. The molecule has 106 valence electrons. The van der Waals surface area contributed by atoms with Crippen LogP contribution >= 0.6 is 11.6 Å². The van der Waals surface area contributed by atoms with E-state index in [-0.39, 0.29) is 12.5 Å². The first-order chi connectivity index (χ1) is 9.49. The lowest BCUT2D eigenvalue weighted by atomic mass is 10.2. The van der Waals surface area contributed by atoms with Crippen LogP contribution in [0.15, 0.2) is 24.4 Å². The molecule has 1 aromatic heterocycles. The first-order valence-electron chi connectivity index (χ1n) is 5.92. The Balaban J connectivity index is 2.08. The Morgan fingerprint density at radius 1 is 1.55 bits per heavy atom. The van der Waals surface area contributed by atoms with Crippen molar-refractivity contribution in [1.29, 1.82) is 0 Å². The third-order valence-electron chi connectivity index (χ3n) is 2.69. The van der Waals surface area contributed by atoms with Crippen LogP contribution in [0.2, 0.25) is 5.02 Å². The Bertz CT molecular complexity index is 620. The number of hydrogen-bond acceptors (Lipinski definition) is 4. The van der Waals surface area contributed by atoms with E-state index in [0.717, 1.165) is 0 Å². The Morgan fingerprint density at radius 2 is 2.30 bits per heavy atom. The number of methoxy groups -OCH3 is 1. The number of aromatic nitrogens is 2. The predicted molar refractivity (Wildman–Crippen MR) is 78.0 cm³/mol. The number of aryl methyl sites for hydroxylation is 1. The summed E-state index contributed by atoms with van der Waals surface area (Å²) in [4.78, 5) is 12.0. The summed E-state index contributed by atoms with van der Waals surface area (Å²) in [5, 5.41) is 7.39. The summed E-state index contributed by atoms with van der Waals surface area (Å²) in [7, 11) is 1.51. The highest BCUT2D eigenvalue weighted by Gasteiger charge is 2.10. The average Bonchev–Trinajstić information content (AvgIpc) is 2.70. The van der Waals surface area contributed by atoms with E-state index in [0.29, 0.717) is 27.8 Å². The van der Waals surface area contributed by atoms with E-state index < -0.39 is 0 Å². The second-order valence-electron chi connectivity index (χ2n) is 4.27. The molecule has 0 fully saturated rings. The molecule has 2 aromatic rings. The van der Waals surface area contributed by atoms with Gasteiger partial charge in [-0.05, 0) is 19.1 Å². The van der Waals surface area contributed by atoms with Crippen molar-refractivity contribution in [2.75, 3.05) is 18.2 Å². The van der Waals surface area contributed by atoms with Gasteiger partial charge in [-0.1, -0.05) is 11.6 Å². The quantitative estimate of drug-likeness (QED) is 0.846. The summed E-state index contributed by atoms with van der Waals surface area (Å²) in [6.45, 7) is 1.85. The normalized spacial score (nSPS) is 10.3. The van der Waals surface area contributed by atoms with Gasteiger partial charge < -0.3 is 15.8 Å². The van der Waals surface area contributed by atoms with Crippen molar-refractivity contribution in [3.8, 4) is 5.75 Å². The van der Waals surface area contributed by atoms with Gasteiger partial charge in [0, 0.05) is 18.0 Å². The molecule has 20 heavy (non-hydrogen) atoms. The van der Waals surface area contributed by atoms with Gasteiger partial charge in [-0.15, -0.1) is 0 Å². The van der Waals surface area contributed by atoms with Crippen LogP contribution in [0.3, 0.4) is 0 Å². The van der Waals surface area contributed by atoms with Crippen LogP contribution in [-0.4, -0.2) is 22.8 Å². The molecule has 0 spiro atoms. The molecule has 1 heterocycles. The standard InChI is InChI=1S/C13H15ClN4O2/c1-8-10(14)6-18(17-8)7-13(19)16-11-4-3-9(15)5-12(11)20-2/h3-6H,7,15H2,1-2H3,(H,16,19). The SMILES string of the molecule is COc1cc(N)ccc1NC(=O)Cn1cc(Cl)c(C)n1. The van der Waals surface area contributed by atoms with Crippen LogP contribution in [0.4, 0.5) is 11.4 Å². The maximum Gasteiger partial charge on any atom is 0.246 e. The number of halogens is 1. The number of nitrogens with zero attached hydrogens (tertiary/aromatic N) is 2. The van der Waals surface area contributed by atoms with E-state index in [1.165, 1.54) is 11.8 Å². The molecule has 0 bridgehead atoms. The molecule has 7 heteroatoms. The van der Waals surface area contributed by atoms with Crippen LogP contribution in [0.5, 0.6) is 5.75 Å². The van der Waals surface area contributed by atoms with Crippen molar-refractivity contribution in [2.24, 2.45) is 0 Å². The molecule has 0 unspecified atom stereocenters. The Labute approximate surface area is 121 Å². The monoisotopic (exact) mass is 294 g/mol. The summed E-state index contributed by atoms with van der Waals surface area (Å²) >= 11 is 5.89. The van der Waals surface area contributed by atoms with Crippen LogP contribution in [0.1, 0.15) is 5.69 Å². The first-order valence-corrected chi connectivity index (χ1v) is 6.30. The molecule has 0 aliphatic carbocycles. The predicted octanol–water partition coefficient (Wildman–Crippen LogP) is 2.07. The Hall–Kier alpha value is -2.21. The van der Waals surface area contributed by atoms with Crippen molar-refractivity contribution < 1.29 is 9.53 Å². The lowest BCUT2D eigenvalue weighted by Gasteiger charge is -2.10. The Kier molecular flexibility index (Phi) is 4.14. The first kappa shape index (κ1) is 14.2. The van der Waals surface area contributed by atoms with E-state index in [1.54, 1.807) is 31.3 Å². The molecular formula is C13H15ClN4O2. The minimum Gasteiger partial charge on any atom is -0.494 e. The molecule has 0 aliphatic rings. The van der Waals surface area contributed by atoms with Gasteiger partial charge in [0.05, 0.1) is 23.5 Å². The van der Waals surface area contributed by atoms with E-state index in [1.807, 2.05) is 0 Å². The van der Waals surface area contributed by atoms with E-state index in [9.17, 15) is 4.79 Å². The van der Waals surface area contributed by atoms with Gasteiger partial charge in [-0.2, -0.15) is 5.10 Å². The lowest BCUT2D eigenvalue weighted by molar-refractivity contribution is -0.116. The van der Waals surface area contributed by atoms with E-state index >= 15 is 0 Å². The summed E-state index contributed by atoms with van der Waals surface area (Å²) in [5.74, 6) is 0.278. The number of nitrogens with one attached hydrogen (secondary N) is 1. The molecule has 3 N–H and O–H groups in total. The second-order valence-corrected chi connectivity index (χ2v) is 4.68. The lowest BCUT2D eigenvalue weighted by Crippen LogP contribution is -2.19. The number of carbonyl (C=O) groups is 1. The van der Waals surface area contributed by atoms with Crippen LogP contribution in [0, 0.1) is 6.92 Å². The molecule has 1 amide bonds. The number of ether oxygens (including phenoxy) is 1. The molecular weight excluding hydrogens is 280 g/mol. The number of rotatable bonds is 4. The van der Waals surface area contributed by atoms with Gasteiger partial charge in [0.1, 0.15) is 12.3 Å². The van der Waals surface area contributed by atoms with E-state index in [4.69, 9.17) is 22.1 Å². The molecule has 6 nitrogen and oxygen atoms in total. The van der Waals surface area contributed by atoms with Gasteiger partial charge in [-0.3, -0.25) is 9.48 Å². The van der Waals surface area contributed by atoms with Crippen molar-refractivity contribution >= 4 is 28.9 Å². The van der Waals surface area contributed by atoms with Gasteiger partial charge in [0.15, 0.2) is 0 Å². The topological polar surface area (TPSA) is 82.2 Å². The fraction of sp³-hybridized carbons (Fsp3) is 0.231. The zero-order chi connectivity index (χ0) is 14.7. The highest BCUT2D eigenvalue weighted by Crippen LogP contribution is 2.26. The fourth-order valence-corrected chi connectivity index (χ4v) is 1.87. The highest BCUT2D eigenvalue weighted by molar-refractivity contribution is 6.31.